The molecule has 2 aromatic rings. The molecule has 0 amide bonds. The second-order valence-corrected chi connectivity index (χ2v) is 6.08. The van der Waals surface area contributed by atoms with Crippen LogP contribution in [0.15, 0.2) is 53.2 Å². The van der Waals surface area contributed by atoms with Gasteiger partial charge in [0.15, 0.2) is 0 Å². The van der Waals surface area contributed by atoms with Crippen LogP contribution < -0.4 is 0 Å². The number of rotatable bonds is 3. The molecule has 1 heterocycles. The predicted octanol–water partition coefficient (Wildman–Crippen LogP) is 3.86. The molecule has 0 fully saturated rings. The maximum atomic E-state index is 12.0. The van der Waals surface area contributed by atoms with Crippen LogP contribution in [0, 0.1) is 0 Å². The molecule has 102 valence electrons. The standard InChI is InChI=1S/C17H16O2S/c1-12(2)16(18)19-17(15-7-8-20-11-15)9-13-5-3-4-6-14(13)10-17/h3-8,11H,1,9-10H2,2H3. The van der Waals surface area contributed by atoms with Crippen LogP contribution in [0.25, 0.3) is 0 Å². The van der Waals surface area contributed by atoms with Crippen molar-refractivity contribution >= 4 is 17.3 Å². The van der Waals surface area contributed by atoms with Gasteiger partial charge in [0.1, 0.15) is 5.60 Å². The Morgan fingerprint density at radius 2 is 1.90 bits per heavy atom. The van der Waals surface area contributed by atoms with E-state index in [1.165, 1.54) is 11.1 Å². The second kappa shape index (κ2) is 4.91. The Morgan fingerprint density at radius 3 is 2.40 bits per heavy atom. The number of ether oxygens (including phenoxy) is 1. The maximum absolute atomic E-state index is 12.0. The predicted molar refractivity (Wildman–Crippen MR) is 80.8 cm³/mol. The average Bonchev–Trinajstić information content (AvgIpc) is 3.06. The van der Waals surface area contributed by atoms with E-state index < -0.39 is 5.60 Å². The molecule has 20 heavy (non-hydrogen) atoms. The van der Waals surface area contributed by atoms with Gasteiger partial charge in [0.05, 0.1) is 0 Å². The van der Waals surface area contributed by atoms with Crippen molar-refractivity contribution in [2.45, 2.75) is 25.4 Å². The van der Waals surface area contributed by atoms with Crippen molar-refractivity contribution in [1.29, 1.82) is 0 Å². The first-order valence-corrected chi connectivity index (χ1v) is 7.53. The maximum Gasteiger partial charge on any atom is 0.334 e. The Kier molecular flexibility index (Phi) is 3.22. The SMILES string of the molecule is C=C(C)C(=O)OC1(c2ccsc2)Cc2ccccc2C1. The van der Waals surface area contributed by atoms with Gasteiger partial charge in [-0.3, -0.25) is 0 Å². The third kappa shape index (κ3) is 2.18. The third-order valence-corrected chi connectivity index (χ3v) is 4.44. The van der Waals surface area contributed by atoms with Gasteiger partial charge in [-0.15, -0.1) is 0 Å². The van der Waals surface area contributed by atoms with E-state index in [0.29, 0.717) is 5.57 Å². The monoisotopic (exact) mass is 284 g/mol. The van der Waals surface area contributed by atoms with Gasteiger partial charge in [0, 0.05) is 24.0 Å². The molecule has 0 aliphatic heterocycles. The highest BCUT2D eigenvalue weighted by molar-refractivity contribution is 7.08. The molecule has 1 aliphatic rings. The minimum Gasteiger partial charge on any atom is -0.450 e. The number of hydrogen-bond acceptors (Lipinski definition) is 3. The molecule has 0 N–H and O–H groups in total. The number of esters is 1. The molecular weight excluding hydrogens is 268 g/mol. The van der Waals surface area contributed by atoms with E-state index in [1.807, 2.05) is 23.6 Å². The highest BCUT2D eigenvalue weighted by Crippen LogP contribution is 2.42. The molecule has 3 heteroatoms. The summed E-state index contributed by atoms with van der Waals surface area (Å²) in [5.41, 5.74) is 3.46. The first kappa shape index (κ1) is 13.1. The summed E-state index contributed by atoms with van der Waals surface area (Å²) in [5, 5.41) is 4.09. The van der Waals surface area contributed by atoms with E-state index in [2.05, 4.69) is 24.1 Å². The summed E-state index contributed by atoms with van der Waals surface area (Å²) in [4.78, 5) is 12.0. The zero-order valence-electron chi connectivity index (χ0n) is 11.4. The molecule has 3 rings (SSSR count). The quantitative estimate of drug-likeness (QED) is 0.632. The van der Waals surface area contributed by atoms with Crippen LogP contribution in [-0.2, 0) is 28.0 Å². The fraction of sp³-hybridized carbons (Fsp3) is 0.235. The Bertz CT molecular complexity index is 630. The molecule has 0 atom stereocenters. The highest BCUT2D eigenvalue weighted by atomic mass is 32.1. The summed E-state index contributed by atoms with van der Waals surface area (Å²) >= 11 is 1.63. The smallest absolute Gasteiger partial charge is 0.334 e. The van der Waals surface area contributed by atoms with Crippen molar-refractivity contribution < 1.29 is 9.53 Å². The van der Waals surface area contributed by atoms with Crippen LogP contribution in [0.3, 0.4) is 0 Å². The van der Waals surface area contributed by atoms with Crippen LogP contribution in [0.4, 0.5) is 0 Å². The van der Waals surface area contributed by atoms with Crippen LogP contribution in [0.5, 0.6) is 0 Å². The summed E-state index contributed by atoms with van der Waals surface area (Å²) in [5.74, 6) is -0.316. The van der Waals surface area contributed by atoms with E-state index in [-0.39, 0.29) is 5.97 Å². The Morgan fingerprint density at radius 1 is 1.25 bits per heavy atom. The van der Waals surface area contributed by atoms with Gasteiger partial charge in [0.2, 0.25) is 0 Å². The van der Waals surface area contributed by atoms with Crippen molar-refractivity contribution in [2.75, 3.05) is 0 Å². The lowest BCUT2D eigenvalue weighted by atomic mass is 9.92. The molecule has 0 saturated carbocycles. The Hall–Kier alpha value is -1.87. The van der Waals surface area contributed by atoms with Gasteiger partial charge in [0.25, 0.3) is 0 Å². The highest BCUT2D eigenvalue weighted by Gasteiger charge is 2.42. The van der Waals surface area contributed by atoms with E-state index in [9.17, 15) is 4.79 Å². The van der Waals surface area contributed by atoms with Gasteiger partial charge in [-0.2, -0.15) is 11.3 Å². The van der Waals surface area contributed by atoms with Crippen molar-refractivity contribution in [3.05, 3.63) is 69.9 Å². The largest absolute Gasteiger partial charge is 0.450 e. The Balaban J connectivity index is 2.00. The summed E-state index contributed by atoms with van der Waals surface area (Å²) in [7, 11) is 0. The lowest BCUT2D eigenvalue weighted by Gasteiger charge is -2.28. The van der Waals surface area contributed by atoms with Crippen LogP contribution >= 0.6 is 11.3 Å². The number of carbonyl (C=O) groups is 1. The zero-order chi connectivity index (χ0) is 14.2. The van der Waals surface area contributed by atoms with E-state index in [0.717, 1.165) is 18.4 Å². The first-order chi connectivity index (χ1) is 9.61. The number of hydrogen-bond donors (Lipinski definition) is 0. The van der Waals surface area contributed by atoms with Gasteiger partial charge >= 0.3 is 5.97 Å². The summed E-state index contributed by atoms with van der Waals surface area (Å²) in [6.07, 6.45) is 1.47. The molecule has 0 radical (unpaired) electrons. The molecule has 1 aromatic carbocycles. The summed E-state index contributed by atoms with van der Waals surface area (Å²) in [6, 6.07) is 10.3. The molecule has 0 bridgehead atoms. The lowest BCUT2D eigenvalue weighted by molar-refractivity contribution is -0.155. The number of thiophene rings is 1. The third-order valence-electron chi connectivity index (χ3n) is 3.75. The van der Waals surface area contributed by atoms with Crippen molar-refractivity contribution in [1.82, 2.24) is 0 Å². The minimum atomic E-state index is -0.570. The molecule has 1 aliphatic carbocycles. The molecule has 0 spiro atoms. The second-order valence-electron chi connectivity index (χ2n) is 5.30. The first-order valence-electron chi connectivity index (χ1n) is 6.59. The van der Waals surface area contributed by atoms with Crippen molar-refractivity contribution in [3.63, 3.8) is 0 Å². The normalized spacial score (nSPS) is 15.7. The Labute approximate surface area is 122 Å². The van der Waals surface area contributed by atoms with Gasteiger partial charge in [-0.25, -0.2) is 4.79 Å². The van der Waals surface area contributed by atoms with Crippen LogP contribution in [-0.4, -0.2) is 5.97 Å². The van der Waals surface area contributed by atoms with Crippen molar-refractivity contribution in [3.8, 4) is 0 Å². The molecule has 1 aromatic heterocycles. The van der Waals surface area contributed by atoms with Gasteiger partial charge in [-0.05, 0) is 34.9 Å². The molecule has 0 saturated heterocycles. The lowest BCUT2D eigenvalue weighted by Crippen LogP contribution is -2.33. The number of fused-ring (bicyclic) bond motifs is 1. The topological polar surface area (TPSA) is 26.3 Å². The van der Waals surface area contributed by atoms with Gasteiger partial charge in [-0.1, -0.05) is 30.8 Å². The van der Waals surface area contributed by atoms with Crippen LogP contribution in [0.2, 0.25) is 0 Å². The number of carbonyl (C=O) groups excluding carboxylic acids is 1. The van der Waals surface area contributed by atoms with E-state index >= 15 is 0 Å². The summed E-state index contributed by atoms with van der Waals surface area (Å²) in [6.45, 7) is 5.37. The molecule has 0 unspecified atom stereocenters. The van der Waals surface area contributed by atoms with E-state index in [1.54, 1.807) is 18.3 Å². The minimum absolute atomic E-state index is 0.316. The van der Waals surface area contributed by atoms with E-state index in [4.69, 9.17) is 4.74 Å². The molecule has 2 nitrogen and oxygen atoms in total. The fourth-order valence-electron chi connectivity index (χ4n) is 2.70. The van der Waals surface area contributed by atoms with Crippen molar-refractivity contribution in [2.24, 2.45) is 0 Å². The zero-order valence-corrected chi connectivity index (χ0v) is 12.2. The number of benzene rings is 1. The molecular formula is C17H16O2S. The summed E-state index contributed by atoms with van der Waals surface area (Å²) < 4.78 is 5.86. The fourth-order valence-corrected chi connectivity index (χ4v) is 3.45. The van der Waals surface area contributed by atoms with Gasteiger partial charge < -0.3 is 4.74 Å². The average molecular weight is 284 g/mol. The van der Waals surface area contributed by atoms with Crippen LogP contribution in [0.1, 0.15) is 23.6 Å².